The monoisotopic (exact) mass is 416 g/mol. The lowest BCUT2D eigenvalue weighted by molar-refractivity contribution is -0.118. The lowest BCUT2D eigenvalue weighted by Gasteiger charge is -2.27. The molecular formula is C24H28N6O. The fourth-order valence-corrected chi connectivity index (χ4v) is 3.81. The van der Waals surface area contributed by atoms with Crippen LogP contribution in [0.2, 0.25) is 0 Å². The molecule has 1 unspecified atom stereocenters. The van der Waals surface area contributed by atoms with Crippen LogP contribution in [0.3, 0.4) is 0 Å². The van der Waals surface area contributed by atoms with Gasteiger partial charge in [-0.3, -0.25) is 4.79 Å². The number of nitrogens with two attached hydrogens (primary N) is 1. The van der Waals surface area contributed by atoms with E-state index in [1.54, 1.807) is 0 Å². The maximum Gasteiger partial charge on any atom is 0.240 e. The summed E-state index contributed by atoms with van der Waals surface area (Å²) in [5, 5.41) is 3.17. The zero-order valence-corrected chi connectivity index (χ0v) is 17.8. The van der Waals surface area contributed by atoms with E-state index in [0.717, 1.165) is 42.6 Å². The molecule has 0 radical (unpaired) electrons. The highest BCUT2D eigenvalue weighted by molar-refractivity contribution is 5.83. The van der Waals surface area contributed by atoms with Crippen LogP contribution in [0.15, 0.2) is 54.6 Å². The van der Waals surface area contributed by atoms with Crippen molar-refractivity contribution in [3.8, 4) is 11.4 Å². The Morgan fingerprint density at radius 2 is 1.81 bits per heavy atom. The molecule has 0 bridgehead atoms. The predicted molar refractivity (Wildman–Crippen MR) is 123 cm³/mol. The highest BCUT2D eigenvalue weighted by atomic mass is 16.1. The van der Waals surface area contributed by atoms with Gasteiger partial charge < -0.3 is 16.0 Å². The molecular weight excluding hydrogens is 388 g/mol. The van der Waals surface area contributed by atoms with Gasteiger partial charge in [0.1, 0.15) is 6.04 Å². The second kappa shape index (κ2) is 9.55. The predicted octanol–water partition coefficient (Wildman–Crippen LogP) is 3.35. The average Bonchev–Trinajstić information content (AvgIpc) is 2.80. The van der Waals surface area contributed by atoms with Crippen molar-refractivity contribution in [2.24, 2.45) is 5.73 Å². The highest BCUT2D eigenvalue weighted by Crippen LogP contribution is 2.23. The number of carbonyl (C=O) groups excluding carboxylic acids is 1. The quantitative estimate of drug-likeness (QED) is 0.613. The van der Waals surface area contributed by atoms with E-state index in [1.807, 2.05) is 55.5 Å². The Kier molecular flexibility index (Phi) is 6.40. The summed E-state index contributed by atoms with van der Waals surface area (Å²) in [6.07, 6.45) is 3.91. The number of aromatic nitrogens is 3. The van der Waals surface area contributed by atoms with Crippen molar-refractivity contribution in [3.05, 3.63) is 65.7 Å². The second-order valence-corrected chi connectivity index (χ2v) is 7.99. The summed E-state index contributed by atoms with van der Waals surface area (Å²) in [4.78, 5) is 28.4. The number of carbonyl (C=O) groups is 1. The number of nitrogens with zero attached hydrogens (tertiary/aromatic N) is 4. The van der Waals surface area contributed by atoms with Crippen molar-refractivity contribution in [2.75, 3.05) is 23.3 Å². The number of hydrogen-bond acceptors (Lipinski definition) is 6. The molecule has 7 nitrogen and oxygen atoms in total. The molecule has 3 aromatic rings. The molecule has 1 aliphatic heterocycles. The van der Waals surface area contributed by atoms with Gasteiger partial charge in [0.2, 0.25) is 17.8 Å². The maximum atomic E-state index is 12.2. The molecule has 4 rings (SSSR count). The summed E-state index contributed by atoms with van der Waals surface area (Å²) in [5.41, 5.74) is 8.77. The third-order valence-corrected chi connectivity index (χ3v) is 5.47. The molecule has 0 aliphatic carbocycles. The number of anilines is 2. The first-order valence-electron chi connectivity index (χ1n) is 10.8. The molecule has 3 N–H and O–H groups in total. The minimum absolute atomic E-state index is 0.367. The number of rotatable bonds is 7. The summed E-state index contributed by atoms with van der Waals surface area (Å²) in [7, 11) is 0. The van der Waals surface area contributed by atoms with Crippen LogP contribution in [-0.2, 0) is 11.2 Å². The third-order valence-electron chi connectivity index (χ3n) is 5.47. The second-order valence-electron chi connectivity index (χ2n) is 7.99. The van der Waals surface area contributed by atoms with E-state index in [0.29, 0.717) is 24.1 Å². The van der Waals surface area contributed by atoms with E-state index in [-0.39, 0.29) is 0 Å². The minimum atomic E-state index is -0.621. The van der Waals surface area contributed by atoms with Crippen molar-refractivity contribution >= 4 is 17.8 Å². The molecule has 1 amide bonds. The fraction of sp³-hybridized carbons (Fsp3) is 0.333. The average molecular weight is 417 g/mol. The van der Waals surface area contributed by atoms with Crippen LogP contribution in [0.5, 0.6) is 0 Å². The number of primary amides is 1. The number of nitrogens with one attached hydrogen (secondary N) is 1. The molecule has 1 aliphatic rings. The van der Waals surface area contributed by atoms with Gasteiger partial charge in [0, 0.05) is 25.1 Å². The third kappa shape index (κ3) is 5.36. The zero-order chi connectivity index (χ0) is 21.6. The standard InChI is InChI=1S/C24H28N6O/c1-17-9-8-12-19(15-17)22-27-23(29-24(28-22)30-13-6-3-7-14-30)26-20(21(25)31)16-18-10-4-2-5-11-18/h2,4-5,8-12,15,20H,3,6-7,13-14,16H2,1H3,(H2,25,31)(H,26,27,28,29). The van der Waals surface area contributed by atoms with E-state index in [2.05, 4.69) is 26.3 Å². The van der Waals surface area contributed by atoms with E-state index in [9.17, 15) is 4.79 Å². The Balaban J connectivity index is 1.67. The van der Waals surface area contributed by atoms with Gasteiger partial charge in [-0.1, -0.05) is 54.1 Å². The fourth-order valence-electron chi connectivity index (χ4n) is 3.81. The van der Waals surface area contributed by atoms with Crippen molar-refractivity contribution in [1.29, 1.82) is 0 Å². The molecule has 31 heavy (non-hydrogen) atoms. The zero-order valence-electron chi connectivity index (χ0n) is 17.8. The van der Waals surface area contributed by atoms with Gasteiger partial charge in [0.05, 0.1) is 0 Å². The Bertz CT molecular complexity index is 1030. The van der Waals surface area contributed by atoms with E-state index >= 15 is 0 Å². The number of benzene rings is 2. The smallest absolute Gasteiger partial charge is 0.240 e. The van der Waals surface area contributed by atoms with Crippen LogP contribution >= 0.6 is 0 Å². The first-order chi connectivity index (χ1) is 15.1. The molecule has 1 atom stereocenters. The Labute approximate surface area is 182 Å². The first-order valence-corrected chi connectivity index (χ1v) is 10.8. The Morgan fingerprint density at radius 3 is 2.52 bits per heavy atom. The van der Waals surface area contributed by atoms with Gasteiger partial charge in [-0.15, -0.1) is 0 Å². The summed E-state index contributed by atoms with van der Waals surface area (Å²) in [6, 6.07) is 17.2. The summed E-state index contributed by atoms with van der Waals surface area (Å²) < 4.78 is 0. The summed E-state index contributed by atoms with van der Waals surface area (Å²) >= 11 is 0. The molecule has 1 fully saturated rings. The van der Waals surface area contributed by atoms with Crippen molar-refractivity contribution < 1.29 is 4.79 Å². The van der Waals surface area contributed by atoms with Crippen molar-refractivity contribution in [1.82, 2.24) is 15.0 Å². The first kappa shape index (κ1) is 20.8. The molecule has 2 heterocycles. The summed E-state index contributed by atoms with van der Waals surface area (Å²) in [5.74, 6) is 1.15. The minimum Gasteiger partial charge on any atom is -0.368 e. The SMILES string of the molecule is Cc1cccc(-c2nc(NC(Cc3ccccc3)C(N)=O)nc(N3CCCCC3)n2)c1. The van der Waals surface area contributed by atoms with Crippen LogP contribution in [-0.4, -0.2) is 40.0 Å². The normalized spacial score (nSPS) is 14.8. The number of aryl methyl sites for hydroxylation is 1. The van der Waals surface area contributed by atoms with E-state index in [1.165, 1.54) is 6.42 Å². The molecule has 1 saturated heterocycles. The number of piperidine rings is 1. The molecule has 0 spiro atoms. The van der Waals surface area contributed by atoms with Crippen LogP contribution < -0.4 is 16.0 Å². The van der Waals surface area contributed by atoms with Crippen LogP contribution in [0.25, 0.3) is 11.4 Å². The van der Waals surface area contributed by atoms with E-state index < -0.39 is 11.9 Å². The largest absolute Gasteiger partial charge is 0.368 e. The van der Waals surface area contributed by atoms with Gasteiger partial charge in [0.15, 0.2) is 5.82 Å². The van der Waals surface area contributed by atoms with Crippen molar-refractivity contribution in [3.63, 3.8) is 0 Å². The number of hydrogen-bond donors (Lipinski definition) is 2. The van der Waals surface area contributed by atoms with Crippen LogP contribution in [0, 0.1) is 6.92 Å². The Hall–Kier alpha value is -3.48. The van der Waals surface area contributed by atoms with Crippen LogP contribution in [0.4, 0.5) is 11.9 Å². The lowest BCUT2D eigenvalue weighted by Crippen LogP contribution is -2.38. The molecule has 160 valence electrons. The van der Waals surface area contributed by atoms with Gasteiger partial charge in [-0.2, -0.15) is 15.0 Å². The van der Waals surface area contributed by atoms with Gasteiger partial charge in [-0.05, 0) is 37.8 Å². The maximum absolute atomic E-state index is 12.2. The van der Waals surface area contributed by atoms with Gasteiger partial charge in [0.25, 0.3) is 0 Å². The van der Waals surface area contributed by atoms with E-state index in [4.69, 9.17) is 10.7 Å². The molecule has 1 aromatic heterocycles. The van der Waals surface area contributed by atoms with Gasteiger partial charge >= 0.3 is 0 Å². The molecule has 7 heteroatoms. The molecule has 2 aromatic carbocycles. The Morgan fingerprint density at radius 1 is 1.03 bits per heavy atom. The van der Waals surface area contributed by atoms with Gasteiger partial charge in [-0.25, -0.2) is 0 Å². The summed E-state index contributed by atoms with van der Waals surface area (Å²) in [6.45, 7) is 3.87. The topological polar surface area (TPSA) is 97.0 Å². The lowest BCUT2D eigenvalue weighted by atomic mass is 10.1. The van der Waals surface area contributed by atoms with Crippen molar-refractivity contribution in [2.45, 2.75) is 38.6 Å². The highest BCUT2D eigenvalue weighted by Gasteiger charge is 2.21. The number of amides is 1. The molecule has 0 saturated carbocycles. The van der Waals surface area contributed by atoms with Crippen LogP contribution in [0.1, 0.15) is 30.4 Å².